The van der Waals surface area contributed by atoms with Crippen molar-refractivity contribution in [1.82, 2.24) is 0 Å². The van der Waals surface area contributed by atoms with E-state index in [2.05, 4.69) is 12.2 Å². The third kappa shape index (κ3) is 3.23. The molecule has 0 bridgehead atoms. The molecule has 1 heterocycles. The minimum Gasteiger partial charge on any atom is -0.497 e. The minimum absolute atomic E-state index is 0.00549. The van der Waals surface area contributed by atoms with Gasteiger partial charge < -0.3 is 14.8 Å². The topological polar surface area (TPSA) is 47.6 Å². The molecule has 0 amide bonds. The second-order valence-corrected chi connectivity index (χ2v) is 6.96. The maximum Gasteiger partial charge on any atom is 0.197 e. The van der Waals surface area contributed by atoms with Crippen LogP contribution in [0.2, 0.25) is 0 Å². The number of halogens is 1. The summed E-state index contributed by atoms with van der Waals surface area (Å²) in [6, 6.07) is 15.5. The van der Waals surface area contributed by atoms with E-state index in [1.54, 1.807) is 43.5 Å². The minimum atomic E-state index is -0.284. The quantitative estimate of drug-likeness (QED) is 0.574. The highest BCUT2D eigenvalue weighted by atomic mass is 19.1. The van der Waals surface area contributed by atoms with Gasteiger partial charge in [-0.05, 0) is 47.9 Å². The van der Waals surface area contributed by atoms with Crippen molar-refractivity contribution >= 4 is 11.5 Å². The number of carbonyl (C=O) groups is 1. The number of carbonyl (C=O) groups excluding carboxylic acids is 1. The molecule has 0 saturated carbocycles. The van der Waals surface area contributed by atoms with Gasteiger partial charge in [-0.3, -0.25) is 4.79 Å². The molecule has 1 atom stereocenters. The molecule has 4 rings (SSSR count). The molecule has 0 aliphatic carbocycles. The van der Waals surface area contributed by atoms with Crippen LogP contribution in [0.5, 0.6) is 11.5 Å². The smallest absolute Gasteiger partial charge is 0.197 e. The Morgan fingerprint density at radius 1 is 1.03 bits per heavy atom. The lowest BCUT2D eigenvalue weighted by Crippen LogP contribution is -2.18. The summed E-state index contributed by atoms with van der Waals surface area (Å²) in [5.41, 5.74) is 4.39. The number of hydrogen-bond donors (Lipinski definition) is 1. The zero-order valence-corrected chi connectivity index (χ0v) is 16.6. The van der Waals surface area contributed by atoms with Crippen LogP contribution in [0.25, 0.3) is 11.1 Å². The molecule has 0 spiro atoms. The summed E-state index contributed by atoms with van der Waals surface area (Å²) < 4.78 is 24.6. The average Bonchev–Trinajstić information content (AvgIpc) is 2.76. The van der Waals surface area contributed by atoms with Gasteiger partial charge in [0.2, 0.25) is 0 Å². The third-order valence-electron chi connectivity index (χ3n) is 5.36. The lowest BCUT2D eigenvalue weighted by atomic mass is 9.84. The van der Waals surface area contributed by atoms with E-state index in [9.17, 15) is 9.18 Å². The average molecular weight is 391 g/mol. The van der Waals surface area contributed by atoms with Gasteiger partial charge in [0.1, 0.15) is 17.3 Å². The van der Waals surface area contributed by atoms with Crippen molar-refractivity contribution in [1.29, 1.82) is 0 Å². The molecule has 0 aromatic heterocycles. The van der Waals surface area contributed by atoms with Crippen LogP contribution in [-0.2, 0) is 0 Å². The molecular formula is C24H22FNO3. The van der Waals surface area contributed by atoms with Crippen LogP contribution in [0.1, 0.15) is 40.9 Å². The molecule has 1 unspecified atom stereocenters. The first kappa shape index (κ1) is 19.0. The molecule has 4 nitrogen and oxygen atoms in total. The summed E-state index contributed by atoms with van der Waals surface area (Å²) in [4.78, 5) is 13.5. The Labute approximate surface area is 169 Å². The van der Waals surface area contributed by atoms with Crippen LogP contribution in [0.15, 0.2) is 54.6 Å². The number of ketones is 1. The van der Waals surface area contributed by atoms with E-state index >= 15 is 0 Å². The number of fused-ring (bicyclic) bond motifs is 3. The third-order valence-corrected chi connectivity index (χ3v) is 5.36. The van der Waals surface area contributed by atoms with Gasteiger partial charge in [0.05, 0.1) is 25.8 Å². The lowest BCUT2D eigenvalue weighted by Gasteiger charge is -2.30. The first-order valence-corrected chi connectivity index (χ1v) is 9.53. The van der Waals surface area contributed by atoms with Crippen LogP contribution in [0.3, 0.4) is 0 Å². The zero-order chi connectivity index (χ0) is 20.5. The molecule has 0 radical (unpaired) electrons. The van der Waals surface area contributed by atoms with Gasteiger partial charge >= 0.3 is 0 Å². The predicted molar refractivity (Wildman–Crippen MR) is 111 cm³/mol. The molecule has 0 saturated heterocycles. The molecular weight excluding hydrogens is 369 g/mol. The van der Waals surface area contributed by atoms with Crippen molar-refractivity contribution in [2.45, 2.75) is 19.4 Å². The van der Waals surface area contributed by atoms with Crippen LogP contribution in [0, 0.1) is 5.82 Å². The molecule has 29 heavy (non-hydrogen) atoms. The fourth-order valence-corrected chi connectivity index (χ4v) is 3.92. The molecule has 5 heteroatoms. The van der Waals surface area contributed by atoms with Gasteiger partial charge in [-0.15, -0.1) is 0 Å². The molecule has 3 aromatic rings. The summed E-state index contributed by atoms with van der Waals surface area (Å²) in [5, 5.41) is 3.45. The van der Waals surface area contributed by atoms with Crippen LogP contribution < -0.4 is 14.8 Å². The van der Waals surface area contributed by atoms with Crippen molar-refractivity contribution < 1.29 is 18.7 Å². The van der Waals surface area contributed by atoms with E-state index in [0.29, 0.717) is 22.6 Å². The Kier molecular flexibility index (Phi) is 4.97. The lowest BCUT2D eigenvalue weighted by molar-refractivity contribution is 0.103. The van der Waals surface area contributed by atoms with Crippen LogP contribution in [-0.4, -0.2) is 20.0 Å². The number of benzene rings is 3. The highest BCUT2D eigenvalue weighted by Crippen LogP contribution is 2.44. The standard InChI is InChI=1S/C24H22FNO3/c1-4-20-19-12-14(25)8-10-16(19)23-18(6-5-7-21(23)26-20)24(27)17-11-9-15(28-2)13-22(17)29-3/h5-13,20,26H,4H2,1-3H3. The van der Waals surface area contributed by atoms with Crippen molar-refractivity contribution in [3.05, 3.63) is 77.1 Å². The van der Waals surface area contributed by atoms with E-state index in [1.165, 1.54) is 13.2 Å². The van der Waals surface area contributed by atoms with Gasteiger partial charge in [0.15, 0.2) is 5.78 Å². The number of ether oxygens (including phenoxy) is 2. The van der Waals surface area contributed by atoms with Gasteiger partial charge in [-0.2, -0.15) is 0 Å². The number of hydrogen-bond acceptors (Lipinski definition) is 4. The van der Waals surface area contributed by atoms with Gasteiger partial charge in [0.25, 0.3) is 0 Å². The Morgan fingerprint density at radius 2 is 1.86 bits per heavy atom. The summed E-state index contributed by atoms with van der Waals surface area (Å²) in [6.07, 6.45) is 0.806. The number of methoxy groups -OCH3 is 2. The second-order valence-electron chi connectivity index (χ2n) is 6.96. The Morgan fingerprint density at radius 3 is 2.59 bits per heavy atom. The summed E-state index contributed by atoms with van der Waals surface area (Å²) in [5.74, 6) is 0.615. The Balaban J connectivity index is 1.89. The predicted octanol–water partition coefficient (Wildman–Crippen LogP) is 5.62. The van der Waals surface area contributed by atoms with Crippen molar-refractivity contribution in [3.63, 3.8) is 0 Å². The first-order valence-electron chi connectivity index (χ1n) is 9.53. The van der Waals surface area contributed by atoms with Gasteiger partial charge in [-0.1, -0.05) is 25.1 Å². The maximum atomic E-state index is 14.0. The number of anilines is 1. The highest BCUT2D eigenvalue weighted by Gasteiger charge is 2.28. The molecule has 1 N–H and O–H groups in total. The fourth-order valence-electron chi connectivity index (χ4n) is 3.92. The summed E-state index contributed by atoms with van der Waals surface area (Å²) >= 11 is 0. The number of rotatable bonds is 5. The molecule has 3 aromatic carbocycles. The zero-order valence-electron chi connectivity index (χ0n) is 16.6. The van der Waals surface area contributed by atoms with Gasteiger partial charge in [-0.25, -0.2) is 4.39 Å². The highest BCUT2D eigenvalue weighted by molar-refractivity contribution is 6.16. The summed E-state index contributed by atoms with van der Waals surface area (Å²) in [6.45, 7) is 2.05. The molecule has 148 valence electrons. The van der Waals surface area contributed by atoms with Gasteiger partial charge in [0, 0.05) is 22.9 Å². The van der Waals surface area contributed by atoms with E-state index in [4.69, 9.17) is 9.47 Å². The van der Waals surface area contributed by atoms with E-state index < -0.39 is 0 Å². The fraction of sp³-hybridized carbons (Fsp3) is 0.208. The van der Waals surface area contributed by atoms with E-state index in [0.717, 1.165) is 28.8 Å². The van der Waals surface area contributed by atoms with Crippen molar-refractivity contribution in [2.24, 2.45) is 0 Å². The number of nitrogens with one attached hydrogen (secondary N) is 1. The van der Waals surface area contributed by atoms with E-state index in [1.807, 2.05) is 12.1 Å². The Bertz CT molecular complexity index is 1090. The van der Waals surface area contributed by atoms with Crippen LogP contribution in [0.4, 0.5) is 10.1 Å². The molecule has 0 fully saturated rings. The molecule has 1 aliphatic rings. The van der Waals surface area contributed by atoms with Crippen LogP contribution >= 0.6 is 0 Å². The largest absolute Gasteiger partial charge is 0.497 e. The maximum absolute atomic E-state index is 14.0. The SMILES string of the molecule is CCC1Nc2cccc(C(=O)c3ccc(OC)cc3OC)c2-c2ccc(F)cc21. The summed E-state index contributed by atoms with van der Waals surface area (Å²) in [7, 11) is 3.09. The Hall–Kier alpha value is -3.34. The van der Waals surface area contributed by atoms with E-state index in [-0.39, 0.29) is 17.6 Å². The normalized spacial score (nSPS) is 14.4. The molecule has 1 aliphatic heterocycles. The van der Waals surface area contributed by atoms with Crippen molar-refractivity contribution in [3.8, 4) is 22.6 Å². The second kappa shape index (κ2) is 7.59. The first-order chi connectivity index (χ1) is 14.1. The monoisotopic (exact) mass is 391 g/mol. The van der Waals surface area contributed by atoms with Crippen molar-refractivity contribution in [2.75, 3.05) is 19.5 Å².